The molecule has 4 heteroatoms. The van der Waals surface area contributed by atoms with Crippen molar-refractivity contribution in [3.8, 4) is 0 Å². The van der Waals surface area contributed by atoms with E-state index in [1.54, 1.807) is 6.20 Å². The topological polar surface area (TPSA) is 41.6 Å². The van der Waals surface area contributed by atoms with Crippen LogP contribution in [0, 0.1) is 0 Å². The van der Waals surface area contributed by atoms with Gasteiger partial charge in [0.05, 0.1) is 10.5 Å². The zero-order valence-corrected chi connectivity index (χ0v) is 9.78. The van der Waals surface area contributed by atoms with E-state index in [1.807, 2.05) is 36.5 Å². The van der Waals surface area contributed by atoms with Crippen LogP contribution < -0.4 is 0 Å². The molecule has 0 fully saturated rings. The minimum Gasteiger partial charge on any atom is -0.342 e. The number of halogens is 1. The van der Waals surface area contributed by atoms with Crippen molar-refractivity contribution in [1.29, 1.82) is 0 Å². The number of rotatable bonds is 2. The van der Waals surface area contributed by atoms with E-state index >= 15 is 0 Å². The highest BCUT2D eigenvalue weighted by Crippen LogP contribution is 2.21. The Bertz CT molecular complexity index is 646. The number of aromatic amines is 1. The first-order valence-electron chi connectivity index (χ1n) is 5.35. The summed E-state index contributed by atoms with van der Waals surface area (Å²) in [7, 11) is 0. The average molecular weight is 244 g/mol. The molecule has 0 bridgehead atoms. The number of hydrogen-bond acceptors (Lipinski definition) is 2. The number of para-hydroxylation sites is 1. The molecular weight excluding hydrogens is 234 g/mol. The van der Waals surface area contributed by atoms with Gasteiger partial charge < -0.3 is 4.98 Å². The molecule has 84 valence electrons. The monoisotopic (exact) mass is 243 g/mol. The summed E-state index contributed by atoms with van der Waals surface area (Å²) in [6.07, 6.45) is 4.34. The lowest BCUT2D eigenvalue weighted by atomic mass is 10.2. The summed E-state index contributed by atoms with van der Waals surface area (Å²) in [5.74, 6) is 0.904. The van der Waals surface area contributed by atoms with Gasteiger partial charge in [-0.05, 0) is 23.8 Å². The first-order chi connectivity index (χ1) is 8.33. The fraction of sp³-hybridized carbons (Fsp3) is 0.0769. The molecule has 2 heterocycles. The summed E-state index contributed by atoms with van der Waals surface area (Å²) >= 11 is 6.08. The Labute approximate surface area is 103 Å². The number of fused-ring (bicyclic) bond motifs is 1. The summed E-state index contributed by atoms with van der Waals surface area (Å²) in [5, 5.41) is 0.677. The zero-order valence-electron chi connectivity index (χ0n) is 9.02. The zero-order chi connectivity index (χ0) is 11.7. The van der Waals surface area contributed by atoms with Crippen molar-refractivity contribution in [3.05, 3.63) is 59.1 Å². The maximum absolute atomic E-state index is 6.08. The minimum atomic E-state index is 0.677. The van der Waals surface area contributed by atoms with Gasteiger partial charge in [0.2, 0.25) is 0 Å². The lowest BCUT2D eigenvalue weighted by Crippen LogP contribution is -1.90. The number of aromatic nitrogens is 3. The molecule has 0 atom stereocenters. The van der Waals surface area contributed by atoms with Gasteiger partial charge >= 0.3 is 0 Å². The normalized spacial score (nSPS) is 10.9. The maximum atomic E-state index is 6.08. The van der Waals surface area contributed by atoms with Gasteiger partial charge in [-0.25, -0.2) is 4.98 Å². The summed E-state index contributed by atoms with van der Waals surface area (Å²) in [4.78, 5) is 11.8. The molecule has 0 unspecified atom stereocenters. The molecule has 0 saturated carbocycles. The van der Waals surface area contributed by atoms with E-state index in [9.17, 15) is 0 Å². The predicted octanol–water partition coefficient (Wildman–Crippen LogP) is 3.20. The number of nitrogens with one attached hydrogen (secondary N) is 1. The fourth-order valence-electron chi connectivity index (χ4n) is 1.83. The lowest BCUT2D eigenvalue weighted by Gasteiger charge is -1.95. The summed E-state index contributed by atoms with van der Waals surface area (Å²) in [6, 6.07) is 9.68. The lowest BCUT2D eigenvalue weighted by molar-refractivity contribution is 1.02. The Morgan fingerprint density at radius 1 is 1.18 bits per heavy atom. The third-order valence-corrected chi connectivity index (χ3v) is 2.91. The largest absolute Gasteiger partial charge is 0.342 e. The van der Waals surface area contributed by atoms with Gasteiger partial charge in [0, 0.05) is 18.8 Å². The third kappa shape index (κ3) is 2.01. The van der Waals surface area contributed by atoms with Gasteiger partial charge in [-0.15, -0.1) is 0 Å². The smallest absolute Gasteiger partial charge is 0.111 e. The molecule has 0 radical (unpaired) electrons. The van der Waals surface area contributed by atoms with E-state index in [0.717, 1.165) is 28.8 Å². The summed E-state index contributed by atoms with van der Waals surface area (Å²) < 4.78 is 0. The molecule has 0 saturated heterocycles. The molecule has 3 rings (SSSR count). The van der Waals surface area contributed by atoms with Crippen LogP contribution in [0.15, 0.2) is 42.7 Å². The van der Waals surface area contributed by atoms with Crippen LogP contribution in [0.2, 0.25) is 5.02 Å². The first kappa shape index (κ1) is 10.3. The van der Waals surface area contributed by atoms with Gasteiger partial charge in [-0.2, -0.15) is 0 Å². The second-order valence-electron chi connectivity index (χ2n) is 3.86. The van der Waals surface area contributed by atoms with Crippen LogP contribution in [0.3, 0.4) is 0 Å². The molecule has 0 aliphatic carbocycles. The quantitative estimate of drug-likeness (QED) is 0.751. The number of hydrogen-bond donors (Lipinski definition) is 1. The minimum absolute atomic E-state index is 0.677. The molecule has 17 heavy (non-hydrogen) atoms. The van der Waals surface area contributed by atoms with E-state index in [1.165, 1.54) is 0 Å². The molecule has 3 nitrogen and oxygen atoms in total. The van der Waals surface area contributed by atoms with E-state index in [2.05, 4.69) is 15.0 Å². The van der Waals surface area contributed by atoms with Gasteiger partial charge in [-0.3, -0.25) is 4.98 Å². The van der Waals surface area contributed by atoms with Crippen LogP contribution in [0.25, 0.3) is 11.0 Å². The van der Waals surface area contributed by atoms with Crippen molar-refractivity contribution in [2.45, 2.75) is 6.42 Å². The predicted molar refractivity (Wildman–Crippen MR) is 68.1 cm³/mol. The average Bonchev–Trinajstić information content (AvgIpc) is 2.74. The van der Waals surface area contributed by atoms with E-state index in [0.29, 0.717) is 5.02 Å². The van der Waals surface area contributed by atoms with Gasteiger partial charge in [0.1, 0.15) is 11.3 Å². The number of nitrogens with zero attached hydrogens (tertiary/aromatic N) is 2. The Hall–Kier alpha value is -1.87. The SMILES string of the molecule is Clc1cccc2[nH]c(Cc3cccnc3)nc12. The Kier molecular flexibility index (Phi) is 2.53. The van der Waals surface area contributed by atoms with Crippen LogP contribution >= 0.6 is 11.6 Å². The van der Waals surface area contributed by atoms with E-state index < -0.39 is 0 Å². The Balaban J connectivity index is 1.99. The Morgan fingerprint density at radius 2 is 2.12 bits per heavy atom. The van der Waals surface area contributed by atoms with Crippen LogP contribution in [-0.2, 0) is 6.42 Å². The highest BCUT2D eigenvalue weighted by Gasteiger charge is 2.06. The van der Waals surface area contributed by atoms with Crippen molar-refractivity contribution in [2.24, 2.45) is 0 Å². The van der Waals surface area contributed by atoms with E-state index in [-0.39, 0.29) is 0 Å². The van der Waals surface area contributed by atoms with E-state index in [4.69, 9.17) is 11.6 Å². The van der Waals surface area contributed by atoms with Crippen molar-refractivity contribution < 1.29 is 0 Å². The summed E-state index contributed by atoms with van der Waals surface area (Å²) in [6.45, 7) is 0. The number of imidazole rings is 1. The number of benzene rings is 1. The molecular formula is C13H10ClN3. The Morgan fingerprint density at radius 3 is 2.88 bits per heavy atom. The highest BCUT2D eigenvalue weighted by atomic mass is 35.5. The van der Waals surface area contributed by atoms with Crippen LogP contribution in [0.1, 0.15) is 11.4 Å². The van der Waals surface area contributed by atoms with Crippen molar-refractivity contribution in [2.75, 3.05) is 0 Å². The fourth-order valence-corrected chi connectivity index (χ4v) is 2.04. The van der Waals surface area contributed by atoms with Gasteiger partial charge in [-0.1, -0.05) is 23.7 Å². The number of pyridine rings is 1. The molecule has 2 aromatic heterocycles. The molecule has 0 aliphatic heterocycles. The molecule has 3 aromatic rings. The van der Waals surface area contributed by atoms with Crippen LogP contribution in [0.5, 0.6) is 0 Å². The first-order valence-corrected chi connectivity index (χ1v) is 5.73. The molecule has 1 N–H and O–H groups in total. The van der Waals surface area contributed by atoms with Crippen molar-refractivity contribution in [3.63, 3.8) is 0 Å². The highest BCUT2D eigenvalue weighted by molar-refractivity contribution is 6.34. The second kappa shape index (κ2) is 4.18. The number of H-pyrrole nitrogens is 1. The molecule has 0 spiro atoms. The summed E-state index contributed by atoms with van der Waals surface area (Å²) in [5.41, 5.74) is 2.92. The van der Waals surface area contributed by atoms with Gasteiger partial charge in [0.15, 0.2) is 0 Å². The van der Waals surface area contributed by atoms with Gasteiger partial charge in [0.25, 0.3) is 0 Å². The van der Waals surface area contributed by atoms with Crippen molar-refractivity contribution in [1.82, 2.24) is 15.0 Å². The molecule has 0 aliphatic rings. The second-order valence-corrected chi connectivity index (χ2v) is 4.26. The molecule has 0 amide bonds. The third-order valence-electron chi connectivity index (χ3n) is 2.61. The van der Waals surface area contributed by atoms with Crippen molar-refractivity contribution >= 4 is 22.6 Å². The molecule has 1 aromatic carbocycles. The van der Waals surface area contributed by atoms with Crippen LogP contribution in [-0.4, -0.2) is 15.0 Å². The standard InChI is InChI=1S/C13H10ClN3/c14-10-4-1-5-11-13(10)17-12(16-11)7-9-3-2-6-15-8-9/h1-6,8H,7H2,(H,16,17). The maximum Gasteiger partial charge on any atom is 0.111 e. The van der Waals surface area contributed by atoms with Crippen LogP contribution in [0.4, 0.5) is 0 Å².